The minimum atomic E-state index is -4.27. The summed E-state index contributed by atoms with van der Waals surface area (Å²) in [7, 11) is 1.25. The normalized spacial score (nSPS) is 11.6. The van der Waals surface area contributed by atoms with Gasteiger partial charge in [-0.25, -0.2) is 8.78 Å². The van der Waals surface area contributed by atoms with Gasteiger partial charge < -0.3 is 15.2 Å². The summed E-state index contributed by atoms with van der Waals surface area (Å²) in [6, 6.07) is 0. The Morgan fingerprint density at radius 3 is 2.47 bits per heavy atom. The Morgan fingerprint density at radius 2 is 1.94 bits per heavy atom. The molecule has 0 saturated carbocycles. The van der Waals surface area contributed by atoms with Crippen molar-refractivity contribution >= 4 is 5.69 Å². The Labute approximate surface area is 93.6 Å². The molecule has 0 amide bonds. The van der Waals surface area contributed by atoms with Gasteiger partial charge in [-0.3, -0.25) is 0 Å². The molecule has 1 heterocycles. The Hall–Kier alpha value is -1.80. The number of alkyl halides is 4. The summed E-state index contributed by atoms with van der Waals surface area (Å²) in [5, 5.41) is 0. The van der Waals surface area contributed by atoms with Crippen molar-refractivity contribution in [3.05, 3.63) is 6.33 Å². The largest absolute Gasteiger partial charge is 0.479 e. The lowest BCUT2D eigenvalue weighted by molar-refractivity contribution is -0.148. The molecule has 0 unspecified atom stereocenters. The second kappa shape index (κ2) is 5.02. The molecule has 1 rings (SSSR count). The minimum Gasteiger partial charge on any atom is -0.479 e. The third kappa shape index (κ3) is 3.08. The van der Waals surface area contributed by atoms with E-state index in [1.54, 1.807) is 0 Å². The Kier molecular flexibility index (Phi) is 3.92. The number of nitrogen functional groups attached to an aromatic ring is 1. The summed E-state index contributed by atoms with van der Waals surface area (Å²) in [6.07, 6.45) is -2.88. The molecule has 0 aliphatic rings. The lowest BCUT2D eigenvalue weighted by atomic mass is 10.4. The van der Waals surface area contributed by atoms with Crippen molar-refractivity contribution in [1.82, 2.24) is 9.97 Å². The first-order valence-corrected chi connectivity index (χ1v) is 4.31. The number of hydrogen-bond acceptors (Lipinski definition) is 5. The predicted molar refractivity (Wildman–Crippen MR) is 49.4 cm³/mol. The zero-order valence-corrected chi connectivity index (χ0v) is 8.66. The molecule has 0 aliphatic carbocycles. The molecule has 0 saturated heterocycles. The van der Waals surface area contributed by atoms with Gasteiger partial charge in [0.2, 0.25) is 11.8 Å². The summed E-state index contributed by atoms with van der Waals surface area (Å²) in [5.41, 5.74) is 5.16. The van der Waals surface area contributed by atoms with Crippen LogP contribution in [0.5, 0.6) is 11.8 Å². The highest BCUT2D eigenvalue weighted by atomic mass is 19.3. The number of anilines is 1. The number of ether oxygens (including phenoxy) is 2. The number of methoxy groups -OCH3 is 1. The molecule has 1 aromatic heterocycles. The van der Waals surface area contributed by atoms with E-state index in [1.165, 1.54) is 7.11 Å². The van der Waals surface area contributed by atoms with E-state index in [0.29, 0.717) is 0 Å². The van der Waals surface area contributed by atoms with Gasteiger partial charge >= 0.3 is 12.3 Å². The Balaban J connectivity index is 2.76. The molecule has 0 fully saturated rings. The van der Waals surface area contributed by atoms with E-state index in [4.69, 9.17) is 5.73 Å². The molecule has 17 heavy (non-hydrogen) atoms. The Morgan fingerprint density at radius 1 is 1.35 bits per heavy atom. The molecular weight excluding hydrogens is 246 g/mol. The average Bonchev–Trinajstić information content (AvgIpc) is 2.27. The molecule has 1 aromatic rings. The molecule has 2 N–H and O–H groups in total. The molecule has 0 spiro atoms. The highest BCUT2D eigenvalue weighted by Gasteiger charge is 2.42. The lowest BCUT2D eigenvalue weighted by Crippen LogP contribution is -2.34. The lowest BCUT2D eigenvalue weighted by Gasteiger charge is -2.16. The van der Waals surface area contributed by atoms with Gasteiger partial charge in [0, 0.05) is 0 Å². The van der Waals surface area contributed by atoms with E-state index in [9.17, 15) is 17.6 Å². The van der Waals surface area contributed by atoms with Gasteiger partial charge in [-0.05, 0) is 0 Å². The summed E-state index contributed by atoms with van der Waals surface area (Å²) in [5.74, 6) is -4.79. The van der Waals surface area contributed by atoms with Crippen LogP contribution in [0.1, 0.15) is 0 Å². The SMILES string of the molecule is COc1ncnc(OCC(F)(F)C(F)F)c1N. The van der Waals surface area contributed by atoms with Crippen LogP contribution in [0.4, 0.5) is 23.2 Å². The van der Waals surface area contributed by atoms with Crippen LogP contribution in [0.25, 0.3) is 0 Å². The van der Waals surface area contributed by atoms with E-state index >= 15 is 0 Å². The van der Waals surface area contributed by atoms with Crippen molar-refractivity contribution in [2.45, 2.75) is 12.3 Å². The smallest absolute Gasteiger partial charge is 0.340 e. The van der Waals surface area contributed by atoms with Gasteiger partial charge in [-0.15, -0.1) is 0 Å². The molecule has 0 bridgehead atoms. The van der Waals surface area contributed by atoms with Gasteiger partial charge in [-0.2, -0.15) is 18.7 Å². The zero-order chi connectivity index (χ0) is 13.1. The van der Waals surface area contributed by atoms with Gasteiger partial charge in [0.1, 0.15) is 6.33 Å². The van der Waals surface area contributed by atoms with Crippen molar-refractivity contribution in [3.8, 4) is 11.8 Å². The molecule has 9 heteroatoms. The van der Waals surface area contributed by atoms with Gasteiger partial charge in [-0.1, -0.05) is 0 Å². The highest BCUT2D eigenvalue weighted by Crippen LogP contribution is 2.29. The van der Waals surface area contributed by atoms with E-state index in [2.05, 4.69) is 19.4 Å². The summed E-state index contributed by atoms with van der Waals surface area (Å²) >= 11 is 0. The van der Waals surface area contributed by atoms with Crippen molar-refractivity contribution in [2.75, 3.05) is 19.5 Å². The van der Waals surface area contributed by atoms with Crippen molar-refractivity contribution in [3.63, 3.8) is 0 Å². The molecule has 0 radical (unpaired) electrons. The van der Waals surface area contributed by atoms with Gasteiger partial charge in [0.15, 0.2) is 12.3 Å². The third-order valence-electron chi connectivity index (χ3n) is 1.72. The van der Waals surface area contributed by atoms with Gasteiger partial charge in [0.25, 0.3) is 0 Å². The second-order valence-electron chi connectivity index (χ2n) is 2.95. The number of nitrogens with zero attached hydrogens (tertiary/aromatic N) is 2. The Bertz CT molecular complexity index is 389. The molecular formula is C8H9F4N3O2. The number of rotatable bonds is 5. The first kappa shape index (κ1) is 13.3. The first-order chi connectivity index (χ1) is 7.88. The topological polar surface area (TPSA) is 70.3 Å². The van der Waals surface area contributed by atoms with Gasteiger partial charge in [0.05, 0.1) is 7.11 Å². The maximum atomic E-state index is 12.6. The fourth-order valence-electron chi connectivity index (χ4n) is 0.870. The van der Waals surface area contributed by atoms with Crippen LogP contribution in [0.3, 0.4) is 0 Å². The van der Waals surface area contributed by atoms with E-state index in [1.807, 2.05) is 0 Å². The maximum Gasteiger partial charge on any atom is 0.340 e. The molecule has 96 valence electrons. The summed E-state index contributed by atoms with van der Waals surface area (Å²) < 4.78 is 57.9. The van der Waals surface area contributed by atoms with Crippen LogP contribution in [0, 0.1) is 0 Å². The number of nitrogens with two attached hydrogens (primary N) is 1. The van der Waals surface area contributed by atoms with Crippen LogP contribution in [-0.4, -0.2) is 36.0 Å². The molecule has 0 aromatic carbocycles. The average molecular weight is 255 g/mol. The molecule has 5 nitrogen and oxygen atoms in total. The quantitative estimate of drug-likeness (QED) is 0.804. The van der Waals surface area contributed by atoms with Crippen LogP contribution >= 0.6 is 0 Å². The zero-order valence-electron chi connectivity index (χ0n) is 8.66. The summed E-state index contributed by atoms with van der Waals surface area (Å²) in [6.45, 7) is -1.53. The molecule has 0 aliphatic heterocycles. The molecule has 0 atom stereocenters. The number of halogens is 4. The monoisotopic (exact) mass is 255 g/mol. The van der Waals surface area contributed by atoms with Crippen LogP contribution in [0.2, 0.25) is 0 Å². The van der Waals surface area contributed by atoms with E-state index in [0.717, 1.165) is 6.33 Å². The fourth-order valence-corrected chi connectivity index (χ4v) is 0.870. The fraction of sp³-hybridized carbons (Fsp3) is 0.500. The summed E-state index contributed by atoms with van der Waals surface area (Å²) in [4.78, 5) is 7.00. The van der Waals surface area contributed by atoms with Crippen molar-refractivity contribution < 1.29 is 27.0 Å². The van der Waals surface area contributed by atoms with E-state index in [-0.39, 0.29) is 11.6 Å². The number of aromatic nitrogens is 2. The first-order valence-electron chi connectivity index (χ1n) is 4.31. The predicted octanol–water partition coefficient (Wildman–Crippen LogP) is 1.35. The van der Waals surface area contributed by atoms with Crippen molar-refractivity contribution in [2.24, 2.45) is 0 Å². The van der Waals surface area contributed by atoms with Crippen LogP contribution in [-0.2, 0) is 0 Å². The van der Waals surface area contributed by atoms with Crippen LogP contribution < -0.4 is 15.2 Å². The standard InChI is InChI=1S/C8H9F4N3O2/c1-16-5-4(13)6(15-3-14-5)17-2-8(11,12)7(9)10/h3,7H,2,13H2,1H3. The van der Waals surface area contributed by atoms with E-state index < -0.39 is 24.8 Å². The van der Waals surface area contributed by atoms with Crippen molar-refractivity contribution in [1.29, 1.82) is 0 Å². The minimum absolute atomic E-state index is 0.0876. The second-order valence-corrected chi connectivity index (χ2v) is 2.95. The number of hydrogen-bond donors (Lipinski definition) is 1. The maximum absolute atomic E-state index is 12.6. The van der Waals surface area contributed by atoms with Crippen LogP contribution in [0.15, 0.2) is 6.33 Å². The highest BCUT2D eigenvalue weighted by molar-refractivity contribution is 5.55. The third-order valence-corrected chi connectivity index (χ3v) is 1.72.